The Morgan fingerprint density at radius 3 is 2.50 bits per heavy atom. The van der Waals surface area contributed by atoms with Gasteiger partial charge in [0.15, 0.2) is 0 Å². The van der Waals surface area contributed by atoms with Gasteiger partial charge in [0.25, 0.3) is 0 Å². The number of rotatable bonds is 4. The van der Waals surface area contributed by atoms with Gasteiger partial charge in [-0.05, 0) is 43.4 Å². The average molecular weight is 197 g/mol. The van der Waals surface area contributed by atoms with Gasteiger partial charge in [0.05, 0.1) is 6.10 Å². The molecule has 2 atom stereocenters. The van der Waals surface area contributed by atoms with Gasteiger partial charge in [-0.2, -0.15) is 0 Å². The van der Waals surface area contributed by atoms with Crippen LogP contribution in [0.15, 0.2) is 0 Å². The van der Waals surface area contributed by atoms with E-state index in [1.54, 1.807) is 0 Å². The molecule has 2 fully saturated rings. The smallest absolute Gasteiger partial charge is 0.0693 e. The van der Waals surface area contributed by atoms with Crippen molar-refractivity contribution in [1.82, 2.24) is 5.32 Å². The van der Waals surface area contributed by atoms with Crippen LogP contribution in [-0.4, -0.2) is 23.8 Å². The molecule has 0 unspecified atom stereocenters. The van der Waals surface area contributed by atoms with Crippen LogP contribution in [-0.2, 0) is 0 Å². The maximum atomic E-state index is 9.68. The zero-order valence-electron chi connectivity index (χ0n) is 9.42. The van der Waals surface area contributed by atoms with E-state index in [4.69, 9.17) is 0 Å². The van der Waals surface area contributed by atoms with Crippen LogP contribution >= 0.6 is 0 Å². The van der Waals surface area contributed by atoms with E-state index in [9.17, 15) is 5.11 Å². The molecule has 0 aromatic heterocycles. The minimum Gasteiger partial charge on any atom is -0.392 e. The topological polar surface area (TPSA) is 32.3 Å². The van der Waals surface area contributed by atoms with Crippen LogP contribution in [0.25, 0.3) is 0 Å². The van der Waals surface area contributed by atoms with Gasteiger partial charge in [0, 0.05) is 12.6 Å². The summed E-state index contributed by atoms with van der Waals surface area (Å²) in [6.07, 6.45) is 6.01. The van der Waals surface area contributed by atoms with Crippen molar-refractivity contribution in [1.29, 1.82) is 0 Å². The van der Waals surface area contributed by atoms with E-state index in [0.29, 0.717) is 11.5 Å². The lowest BCUT2D eigenvalue weighted by atomic mass is 9.92. The summed E-state index contributed by atoms with van der Waals surface area (Å²) >= 11 is 0. The molecule has 0 heterocycles. The molecular weight excluding hydrogens is 174 g/mol. The first-order valence-electron chi connectivity index (χ1n) is 6.05. The Morgan fingerprint density at radius 1 is 1.36 bits per heavy atom. The van der Waals surface area contributed by atoms with Gasteiger partial charge < -0.3 is 10.4 Å². The molecule has 0 bridgehead atoms. The molecule has 2 N–H and O–H groups in total. The van der Waals surface area contributed by atoms with Crippen molar-refractivity contribution in [2.24, 2.45) is 11.3 Å². The minimum absolute atomic E-state index is 0.0852. The predicted molar refractivity (Wildman–Crippen MR) is 58.2 cm³/mol. The molecule has 2 saturated carbocycles. The van der Waals surface area contributed by atoms with Crippen molar-refractivity contribution in [3.63, 3.8) is 0 Å². The molecule has 0 aliphatic heterocycles. The van der Waals surface area contributed by atoms with Crippen molar-refractivity contribution in [3.8, 4) is 0 Å². The Bertz CT molecular complexity index is 198. The van der Waals surface area contributed by atoms with E-state index in [2.05, 4.69) is 19.2 Å². The first-order chi connectivity index (χ1) is 6.64. The molecule has 0 aromatic carbocycles. The highest BCUT2D eigenvalue weighted by Gasteiger charge is 2.45. The van der Waals surface area contributed by atoms with E-state index in [0.717, 1.165) is 25.3 Å². The Morgan fingerprint density at radius 2 is 2.07 bits per heavy atom. The number of aliphatic hydroxyl groups is 1. The lowest BCUT2D eigenvalue weighted by Crippen LogP contribution is -2.40. The van der Waals surface area contributed by atoms with Crippen molar-refractivity contribution in [2.45, 2.75) is 58.1 Å². The second kappa shape index (κ2) is 3.82. The molecule has 14 heavy (non-hydrogen) atoms. The summed E-state index contributed by atoms with van der Waals surface area (Å²) < 4.78 is 0. The van der Waals surface area contributed by atoms with Gasteiger partial charge in [-0.25, -0.2) is 0 Å². The van der Waals surface area contributed by atoms with E-state index in [-0.39, 0.29) is 6.10 Å². The van der Waals surface area contributed by atoms with Crippen molar-refractivity contribution in [3.05, 3.63) is 0 Å². The molecule has 2 aliphatic carbocycles. The standard InChI is InChI=1S/C12H23NO/c1-9(2)12(6-7-12)8-13-10-4-3-5-11(10)14/h9-11,13-14H,3-8H2,1-2H3/t10-,11-/m1/s1. The molecule has 0 amide bonds. The van der Waals surface area contributed by atoms with Crippen LogP contribution in [0.5, 0.6) is 0 Å². The van der Waals surface area contributed by atoms with Gasteiger partial charge >= 0.3 is 0 Å². The molecule has 0 spiro atoms. The van der Waals surface area contributed by atoms with Crippen LogP contribution in [0.4, 0.5) is 0 Å². The molecule has 0 radical (unpaired) electrons. The third-order valence-corrected chi connectivity index (χ3v) is 4.31. The van der Waals surface area contributed by atoms with Crippen LogP contribution in [0, 0.1) is 11.3 Å². The Hall–Kier alpha value is -0.0800. The minimum atomic E-state index is -0.0852. The van der Waals surface area contributed by atoms with E-state index >= 15 is 0 Å². The Kier molecular flexibility index (Phi) is 2.85. The van der Waals surface area contributed by atoms with Gasteiger partial charge in [0.2, 0.25) is 0 Å². The fourth-order valence-corrected chi connectivity index (χ4v) is 2.63. The van der Waals surface area contributed by atoms with E-state index in [1.807, 2.05) is 0 Å². The molecule has 2 rings (SSSR count). The summed E-state index contributed by atoms with van der Waals surface area (Å²) in [5, 5.41) is 13.2. The highest BCUT2D eigenvalue weighted by molar-refractivity contribution is 4.98. The normalized spacial score (nSPS) is 35.1. The number of hydrogen-bond acceptors (Lipinski definition) is 2. The average Bonchev–Trinajstić information content (AvgIpc) is 2.83. The molecule has 0 aromatic rings. The van der Waals surface area contributed by atoms with Crippen molar-refractivity contribution >= 4 is 0 Å². The third-order valence-electron chi connectivity index (χ3n) is 4.31. The fraction of sp³-hybridized carbons (Fsp3) is 1.00. The Labute approximate surface area is 87.1 Å². The zero-order valence-corrected chi connectivity index (χ0v) is 9.42. The van der Waals surface area contributed by atoms with Gasteiger partial charge in [-0.15, -0.1) is 0 Å². The second-order valence-corrected chi connectivity index (χ2v) is 5.50. The summed E-state index contributed by atoms with van der Waals surface area (Å²) in [6, 6.07) is 0.381. The lowest BCUT2D eigenvalue weighted by Gasteiger charge is -2.24. The van der Waals surface area contributed by atoms with Gasteiger partial charge in [-0.1, -0.05) is 13.8 Å². The SMILES string of the molecule is CC(C)C1(CN[C@@H]2CCC[C@H]2O)CC1. The van der Waals surface area contributed by atoms with Crippen LogP contribution in [0.3, 0.4) is 0 Å². The molecule has 2 aliphatic rings. The van der Waals surface area contributed by atoms with Crippen molar-refractivity contribution in [2.75, 3.05) is 6.54 Å². The molecular formula is C12H23NO. The largest absolute Gasteiger partial charge is 0.392 e. The maximum absolute atomic E-state index is 9.68. The third kappa shape index (κ3) is 1.96. The highest BCUT2D eigenvalue weighted by atomic mass is 16.3. The number of hydrogen-bond donors (Lipinski definition) is 2. The molecule has 2 nitrogen and oxygen atoms in total. The Balaban J connectivity index is 1.77. The second-order valence-electron chi connectivity index (χ2n) is 5.50. The summed E-state index contributed by atoms with van der Waals surface area (Å²) in [7, 11) is 0. The number of aliphatic hydroxyl groups excluding tert-OH is 1. The molecule has 82 valence electrons. The van der Waals surface area contributed by atoms with E-state index < -0.39 is 0 Å². The highest BCUT2D eigenvalue weighted by Crippen LogP contribution is 2.51. The fourth-order valence-electron chi connectivity index (χ4n) is 2.63. The van der Waals surface area contributed by atoms with Crippen LogP contribution in [0.2, 0.25) is 0 Å². The summed E-state index contributed by atoms with van der Waals surface area (Å²) in [5.41, 5.74) is 0.572. The maximum Gasteiger partial charge on any atom is 0.0693 e. The van der Waals surface area contributed by atoms with Crippen LogP contribution < -0.4 is 5.32 Å². The predicted octanol–water partition coefficient (Wildman–Crippen LogP) is 1.93. The van der Waals surface area contributed by atoms with Gasteiger partial charge in [0.1, 0.15) is 0 Å². The summed E-state index contributed by atoms with van der Waals surface area (Å²) in [6.45, 7) is 5.76. The van der Waals surface area contributed by atoms with Crippen LogP contribution in [0.1, 0.15) is 46.0 Å². The van der Waals surface area contributed by atoms with E-state index in [1.165, 1.54) is 19.3 Å². The first-order valence-corrected chi connectivity index (χ1v) is 6.05. The molecule has 2 heteroatoms. The van der Waals surface area contributed by atoms with Crippen molar-refractivity contribution < 1.29 is 5.11 Å². The quantitative estimate of drug-likeness (QED) is 0.721. The monoisotopic (exact) mass is 197 g/mol. The van der Waals surface area contributed by atoms with Gasteiger partial charge in [-0.3, -0.25) is 0 Å². The summed E-state index contributed by atoms with van der Waals surface area (Å²) in [4.78, 5) is 0. The first kappa shape index (κ1) is 10.4. The number of nitrogens with one attached hydrogen (secondary N) is 1. The summed E-state index contributed by atoms with van der Waals surface area (Å²) in [5.74, 6) is 0.786. The zero-order chi connectivity index (χ0) is 10.2. The molecule has 0 saturated heterocycles. The lowest BCUT2D eigenvalue weighted by molar-refractivity contribution is 0.143.